The molecule has 29 heavy (non-hydrogen) atoms. The van der Waals surface area contributed by atoms with Crippen LogP contribution in [0.25, 0.3) is 0 Å². The van der Waals surface area contributed by atoms with Crippen LogP contribution in [0, 0.1) is 34.5 Å². The first kappa shape index (κ1) is 19.6. The molecule has 1 aliphatic heterocycles. The number of hydrogen-bond acceptors (Lipinski definition) is 4. The van der Waals surface area contributed by atoms with Crippen molar-refractivity contribution in [1.82, 2.24) is 0 Å². The van der Waals surface area contributed by atoms with Crippen LogP contribution in [0.4, 0.5) is 4.39 Å². The molecule has 0 amide bonds. The predicted octanol–water partition coefficient (Wildman–Crippen LogP) is 3.69. The minimum absolute atomic E-state index is 0.0147. The Kier molecular flexibility index (Phi) is 3.98. The second-order valence-electron chi connectivity index (χ2n) is 10.4. The molecule has 4 aliphatic carbocycles. The Hall–Kier alpha value is -1.33. The number of halogens is 1. The zero-order valence-electron chi connectivity index (χ0n) is 17.9. The number of fused-ring (bicyclic) bond motifs is 4. The Bertz CT molecular complexity index is 864. The molecule has 1 spiro atoms. The van der Waals surface area contributed by atoms with E-state index in [1.165, 1.54) is 0 Å². The maximum Gasteiger partial charge on any atom is 0.190 e. The van der Waals surface area contributed by atoms with Gasteiger partial charge in [-0.2, -0.15) is 0 Å². The van der Waals surface area contributed by atoms with Crippen molar-refractivity contribution in [3.05, 3.63) is 23.8 Å². The first-order chi connectivity index (χ1) is 13.7. The van der Waals surface area contributed by atoms with Crippen LogP contribution in [0.2, 0.25) is 0 Å². The number of allylic oxidation sites excluding steroid dienone is 4. The molecule has 1 N–H and O–H groups in total. The van der Waals surface area contributed by atoms with Gasteiger partial charge in [0.25, 0.3) is 0 Å². The standard InChI is InChI=1S/C24H32FNO3/c1-14-9-19-18-6-5-16-10-17(26-4)7-8-21(16,3)23(18,25)15(2)11-22(19)13-29-24(14,22)20(28)12-27/h7-8,10,14-15,18-19,27H,5-6,9,11-13H2,1-4H3/t14-,15+,18+,19+,21+,22-,23-,24+/m1/s1. The highest BCUT2D eigenvalue weighted by atomic mass is 19.1. The Morgan fingerprint density at radius 3 is 2.72 bits per heavy atom. The SMILES string of the molecule is CN=C1C=C[C@@]2(C)C(=C1)CC[C@H]1[C@@H]3C[C@@H](C)[C@@]4(C(=O)CO)OC[C@]34C[C@H](C)[C@@]12F. The minimum Gasteiger partial charge on any atom is -0.388 e. The van der Waals surface area contributed by atoms with Crippen molar-refractivity contribution in [3.63, 3.8) is 0 Å². The van der Waals surface area contributed by atoms with E-state index in [4.69, 9.17) is 4.74 Å². The summed E-state index contributed by atoms with van der Waals surface area (Å²) in [7, 11) is 1.78. The topological polar surface area (TPSA) is 58.9 Å². The van der Waals surface area contributed by atoms with Crippen molar-refractivity contribution in [1.29, 1.82) is 0 Å². The molecule has 0 aromatic carbocycles. The zero-order valence-corrected chi connectivity index (χ0v) is 17.9. The lowest BCUT2D eigenvalue weighted by Crippen LogP contribution is -2.74. The molecule has 5 aliphatic rings. The second kappa shape index (κ2) is 5.88. The summed E-state index contributed by atoms with van der Waals surface area (Å²) in [6.45, 7) is 6.17. The Balaban J connectivity index is 1.61. The molecule has 1 heterocycles. The van der Waals surface area contributed by atoms with Gasteiger partial charge in [0.2, 0.25) is 0 Å². The number of rotatable bonds is 2. The number of Topliss-reactive ketones (excluding diaryl/α,β-unsaturated/α-hetero) is 1. The fourth-order valence-corrected chi connectivity index (χ4v) is 8.42. The van der Waals surface area contributed by atoms with Gasteiger partial charge < -0.3 is 9.84 Å². The highest BCUT2D eigenvalue weighted by Crippen LogP contribution is 2.75. The summed E-state index contributed by atoms with van der Waals surface area (Å²) in [5, 5.41) is 9.68. The fourth-order valence-electron chi connectivity index (χ4n) is 8.42. The monoisotopic (exact) mass is 401 g/mol. The van der Waals surface area contributed by atoms with Gasteiger partial charge >= 0.3 is 0 Å². The van der Waals surface area contributed by atoms with E-state index < -0.39 is 23.3 Å². The van der Waals surface area contributed by atoms with E-state index in [0.29, 0.717) is 13.0 Å². The smallest absolute Gasteiger partial charge is 0.190 e. The maximum absolute atomic E-state index is 17.3. The zero-order chi connectivity index (χ0) is 20.8. The Labute approximate surface area is 172 Å². The van der Waals surface area contributed by atoms with Gasteiger partial charge in [-0.3, -0.25) is 9.79 Å². The molecular formula is C24H32FNO3. The average molecular weight is 402 g/mol. The summed E-state index contributed by atoms with van der Waals surface area (Å²) >= 11 is 0. The summed E-state index contributed by atoms with van der Waals surface area (Å²) in [5.74, 6) is -0.363. The lowest BCUT2D eigenvalue weighted by Gasteiger charge is -2.67. The molecule has 8 atom stereocenters. The normalized spacial score (nSPS) is 54.0. The third-order valence-corrected chi connectivity index (χ3v) is 9.63. The molecule has 0 aromatic rings. The number of ether oxygens (including phenoxy) is 1. The van der Waals surface area contributed by atoms with Crippen LogP contribution >= 0.6 is 0 Å². The lowest BCUT2D eigenvalue weighted by molar-refractivity contribution is -0.301. The minimum atomic E-state index is -1.35. The highest BCUT2D eigenvalue weighted by molar-refractivity contribution is 6.05. The number of aliphatic hydroxyl groups excluding tert-OH is 1. The first-order valence-corrected chi connectivity index (χ1v) is 11.1. The number of aliphatic imine (C=N–C) groups is 1. The van der Waals surface area contributed by atoms with Gasteiger partial charge in [-0.15, -0.1) is 0 Å². The van der Waals surface area contributed by atoms with Crippen molar-refractivity contribution in [3.8, 4) is 0 Å². The second-order valence-corrected chi connectivity index (χ2v) is 10.4. The van der Waals surface area contributed by atoms with Crippen LogP contribution in [0.15, 0.2) is 28.8 Å². The predicted molar refractivity (Wildman–Crippen MR) is 110 cm³/mol. The van der Waals surface area contributed by atoms with E-state index in [9.17, 15) is 9.90 Å². The van der Waals surface area contributed by atoms with Crippen molar-refractivity contribution in [2.75, 3.05) is 20.3 Å². The van der Waals surface area contributed by atoms with Gasteiger partial charge in [-0.05, 0) is 68.4 Å². The quantitative estimate of drug-likeness (QED) is 0.768. The van der Waals surface area contributed by atoms with E-state index >= 15 is 4.39 Å². The van der Waals surface area contributed by atoms with Gasteiger partial charge in [0.1, 0.15) is 17.9 Å². The molecule has 4 nitrogen and oxygen atoms in total. The first-order valence-electron chi connectivity index (χ1n) is 11.1. The van der Waals surface area contributed by atoms with Crippen LogP contribution in [-0.2, 0) is 9.53 Å². The third kappa shape index (κ3) is 1.93. The summed E-state index contributed by atoms with van der Waals surface area (Å²) in [6, 6.07) is 0. The number of aliphatic hydroxyl groups is 1. The number of alkyl halides is 1. The van der Waals surface area contributed by atoms with Gasteiger partial charge in [-0.25, -0.2) is 4.39 Å². The molecule has 0 radical (unpaired) electrons. The number of carbonyl (C=O) groups is 1. The molecule has 0 unspecified atom stereocenters. The van der Waals surface area contributed by atoms with Crippen LogP contribution in [0.5, 0.6) is 0 Å². The van der Waals surface area contributed by atoms with Crippen LogP contribution in [0.3, 0.4) is 0 Å². The Morgan fingerprint density at radius 2 is 2.10 bits per heavy atom. The number of ketones is 1. The van der Waals surface area contributed by atoms with Crippen molar-refractivity contribution >= 4 is 11.5 Å². The van der Waals surface area contributed by atoms with Crippen molar-refractivity contribution in [2.45, 2.75) is 57.7 Å². The summed E-state index contributed by atoms with van der Waals surface area (Å²) in [5.41, 5.74) is -1.16. The highest BCUT2D eigenvalue weighted by Gasteiger charge is 2.80. The van der Waals surface area contributed by atoms with Crippen LogP contribution in [-0.4, -0.2) is 48.1 Å². The fraction of sp³-hybridized carbons (Fsp3) is 0.750. The van der Waals surface area contributed by atoms with E-state index in [2.05, 4.69) is 24.9 Å². The van der Waals surface area contributed by atoms with Gasteiger partial charge in [-0.1, -0.05) is 25.5 Å². The van der Waals surface area contributed by atoms with E-state index in [-0.39, 0.29) is 34.9 Å². The molecule has 1 saturated heterocycles. The molecule has 158 valence electrons. The molecule has 4 fully saturated rings. The third-order valence-electron chi connectivity index (χ3n) is 9.63. The van der Waals surface area contributed by atoms with Gasteiger partial charge in [0, 0.05) is 17.9 Å². The summed E-state index contributed by atoms with van der Waals surface area (Å²) in [4.78, 5) is 17.2. The van der Waals surface area contributed by atoms with Gasteiger partial charge in [0.15, 0.2) is 5.78 Å². The molecule has 3 saturated carbocycles. The average Bonchev–Trinajstić information content (AvgIpc) is 2.85. The molecule has 5 rings (SSSR count). The van der Waals surface area contributed by atoms with Crippen LogP contribution in [0.1, 0.15) is 46.5 Å². The maximum atomic E-state index is 17.3. The number of hydrogen-bond donors (Lipinski definition) is 1. The van der Waals surface area contributed by atoms with Gasteiger partial charge in [0.05, 0.1) is 12.3 Å². The molecule has 5 heteroatoms. The lowest BCUT2D eigenvalue weighted by atomic mass is 9.41. The van der Waals surface area contributed by atoms with Crippen LogP contribution < -0.4 is 0 Å². The van der Waals surface area contributed by atoms with Crippen molar-refractivity contribution in [2.24, 2.45) is 39.5 Å². The molecule has 0 bridgehead atoms. The molecule has 0 aromatic heterocycles. The van der Waals surface area contributed by atoms with E-state index in [1.54, 1.807) is 7.05 Å². The van der Waals surface area contributed by atoms with E-state index in [1.807, 2.05) is 19.1 Å². The number of carbonyl (C=O) groups excluding carboxylic acids is 1. The van der Waals surface area contributed by atoms with Crippen molar-refractivity contribution < 1.29 is 19.0 Å². The largest absolute Gasteiger partial charge is 0.388 e. The molecular weight excluding hydrogens is 369 g/mol. The summed E-state index contributed by atoms with van der Waals surface area (Å²) in [6.07, 6.45) is 9.21. The number of nitrogens with zero attached hydrogens (tertiary/aromatic N) is 1. The Morgan fingerprint density at radius 1 is 1.34 bits per heavy atom. The van der Waals surface area contributed by atoms with E-state index in [0.717, 1.165) is 30.5 Å². The summed E-state index contributed by atoms with van der Waals surface area (Å²) < 4.78 is 23.4.